The number of Topliss-reactive ketones (excluding diaryl/α,β-unsaturated/α-hetero) is 1. The third-order valence-corrected chi connectivity index (χ3v) is 12.5. The number of benzene rings is 4. The summed E-state index contributed by atoms with van der Waals surface area (Å²) in [5.74, 6) is -1.74. The lowest BCUT2D eigenvalue weighted by molar-refractivity contribution is -0.125. The number of hydrogen-bond donors (Lipinski definition) is 2. The Morgan fingerprint density at radius 2 is 1.41 bits per heavy atom. The lowest BCUT2D eigenvalue weighted by atomic mass is 10.0. The number of fused-ring (bicyclic) bond motifs is 2. The van der Waals surface area contributed by atoms with E-state index < -0.39 is 27.6 Å². The molecule has 2 aromatic heterocycles. The zero-order chi connectivity index (χ0) is 41.9. The largest absolute Gasteiger partial charge is 0.373 e. The number of nitrogens with one attached hydrogen (secondary N) is 2. The maximum absolute atomic E-state index is 14.9. The normalized spacial score (nSPS) is 12.1. The summed E-state index contributed by atoms with van der Waals surface area (Å²) in [5.41, 5.74) is 3.54. The Labute approximate surface area is 350 Å². The van der Waals surface area contributed by atoms with Gasteiger partial charge in [0.05, 0.1) is 43.8 Å². The van der Waals surface area contributed by atoms with Gasteiger partial charge in [-0.25, -0.2) is 8.42 Å². The molecule has 1 unspecified atom stereocenters. The molecule has 0 aliphatic carbocycles. The molecule has 0 aliphatic heterocycles. The van der Waals surface area contributed by atoms with Gasteiger partial charge in [0, 0.05) is 17.5 Å². The van der Waals surface area contributed by atoms with Gasteiger partial charge in [-0.1, -0.05) is 131 Å². The number of ketones is 1. The number of nitrogens with zero attached hydrogens (tertiary/aromatic N) is 4. The van der Waals surface area contributed by atoms with E-state index in [9.17, 15) is 22.8 Å². The minimum atomic E-state index is -3.63. The first-order valence-electron chi connectivity index (χ1n) is 20.4. The van der Waals surface area contributed by atoms with Crippen LogP contribution < -0.4 is 15.5 Å². The molecule has 59 heavy (non-hydrogen) atoms. The van der Waals surface area contributed by atoms with Crippen LogP contribution in [-0.2, 0) is 19.4 Å². The molecule has 6 rings (SSSR count). The number of aromatic nitrogens is 4. The number of halogens is 1. The third kappa shape index (κ3) is 10.2. The molecule has 1 atom stereocenters. The smallest absolute Gasteiger partial charge is 0.276 e. The van der Waals surface area contributed by atoms with Gasteiger partial charge in [-0.2, -0.15) is 0 Å². The van der Waals surface area contributed by atoms with E-state index in [-0.39, 0.29) is 39.2 Å². The van der Waals surface area contributed by atoms with Crippen LogP contribution in [-0.4, -0.2) is 57.6 Å². The zero-order valence-corrected chi connectivity index (χ0v) is 35.3. The predicted octanol–water partition coefficient (Wildman–Crippen LogP) is 9.70. The molecule has 12 nitrogen and oxygen atoms in total. The fraction of sp³-hybridized carbons (Fsp3) is 0.356. The molecular formula is C45H51ClN6O6S. The number of carbonyl (C=O) groups excluding carboxylic acids is 3. The third-order valence-electron chi connectivity index (χ3n) is 10.4. The van der Waals surface area contributed by atoms with Crippen LogP contribution in [0, 0.1) is 6.92 Å². The molecule has 0 fully saturated rings. The van der Waals surface area contributed by atoms with E-state index in [1.807, 2.05) is 34.9 Å². The van der Waals surface area contributed by atoms with E-state index in [0.29, 0.717) is 45.4 Å². The summed E-state index contributed by atoms with van der Waals surface area (Å²) in [6.45, 7) is 5.73. The first-order valence-corrected chi connectivity index (χ1v) is 22.4. The summed E-state index contributed by atoms with van der Waals surface area (Å²) in [5, 5.41) is 14.4. The second kappa shape index (κ2) is 20.0. The van der Waals surface area contributed by atoms with Gasteiger partial charge < -0.3 is 20.0 Å². The van der Waals surface area contributed by atoms with E-state index in [1.54, 1.807) is 56.3 Å². The standard InChI is InChI=1S/C45H51ClN6O6S/c1-4-6-7-8-9-10-11-12-13-20-29-59(56,57)32-27-28-35(34(46)30-32)48-45(55)44(58-52-40-26-19-16-23-37(40)49-50-52)43(54)42-31(3)51(38-24-17-14-21-33(38)42)39-25-18-15-22-36(39)47-41(53)5-2/h14-19,21-28,30,44H,4-13,20,29H2,1-3H3,(H,47,53)(H,48,55). The van der Waals surface area contributed by atoms with Crippen molar-refractivity contribution in [2.45, 2.75) is 102 Å². The van der Waals surface area contributed by atoms with Crippen LogP contribution >= 0.6 is 11.6 Å². The van der Waals surface area contributed by atoms with Gasteiger partial charge >= 0.3 is 0 Å². The number of para-hydroxylation sites is 4. The highest BCUT2D eigenvalue weighted by Crippen LogP contribution is 2.34. The minimum Gasteiger partial charge on any atom is -0.373 e. The lowest BCUT2D eigenvalue weighted by Crippen LogP contribution is -2.44. The van der Waals surface area contributed by atoms with Gasteiger partial charge in [-0.15, -0.1) is 5.10 Å². The van der Waals surface area contributed by atoms with Crippen molar-refractivity contribution < 1.29 is 27.6 Å². The number of anilines is 2. The van der Waals surface area contributed by atoms with E-state index in [4.69, 9.17) is 16.4 Å². The molecule has 6 aromatic rings. The van der Waals surface area contributed by atoms with E-state index >= 15 is 0 Å². The molecule has 310 valence electrons. The predicted molar refractivity (Wildman–Crippen MR) is 233 cm³/mol. The SMILES string of the molecule is CCCCCCCCCCCCS(=O)(=O)c1ccc(NC(=O)C(On2nnc3ccccc32)C(=O)c2c(C)n(-c3ccccc3NC(=O)CC)c3ccccc23)c(Cl)c1. The van der Waals surface area contributed by atoms with Gasteiger partial charge in [0.25, 0.3) is 12.0 Å². The number of amides is 2. The van der Waals surface area contributed by atoms with Crippen LogP contribution in [0.4, 0.5) is 11.4 Å². The fourth-order valence-electron chi connectivity index (χ4n) is 7.26. The van der Waals surface area contributed by atoms with Crippen LogP contribution in [0.25, 0.3) is 27.6 Å². The molecule has 0 radical (unpaired) electrons. The Morgan fingerprint density at radius 3 is 2.12 bits per heavy atom. The second-order valence-electron chi connectivity index (χ2n) is 14.7. The van der Waals surface area contributed by atoms with Crippen molar-refractivity contribution in [1.29, 1.82) is 0 Å². The molecule has 0 bridgehead atoms. The molecule has 0 saturated carbocycles. The summed E-state index contributed by atoms with van der Waals surface area (Å²) >= 11 is 6.64. The highest BCUT2D eigenvalue weighted by atomic mass is 35.5. The lowest BCUT2D eigenvalue weighted by Gasteiger charge is -2.18. The maximum atomic E-state index is 14.9. The highest BCUT2D eigenvalue weighted by Gasteiger charge is 2.36. The van der Waals surface area contributed by atoms with Gasteiger partial charge in [0.1, 0.15) is 11.0 Å². The summed E-state index contributed by atoms with van der Waals surface area (Å²) < 4.78 is 28.4. The molecule has 2 N–H and O–H groups in total. The quantitative estimate of drug-likeness (QED) is 0.0413. The van der Waals surface area contributed by atoms with Crippen LogP contribution in [0.2, 0.25) is 5.02 Å². The van der Waals surface area contributed by atoms with E-state index in [0.717, 1.165) is 24.1 Å². The van der Waals surface area contributed by atoms with Crippen LogP contribution in [0.3, 0.4) is 0 Å². The molecule has 0 saturated heterocycles. The molecule has 4 aromatic carbocycles. The Balaban J connectivity index is 1.26. The topological polar surface area (TPSA) is 154 Å². The van der Waals surface area contributed by atoms with Crippen LogP contribution in [0.5, 0.6) is 0 Å². The van der Waals surface area contributed by atoms with E-state index in [2.05, 4.69) is 27.9 Å². The van der Waals surface area contributed by atoms with Crippen LogP contribution in [0.15, 0.2) is 95.9 Å². The Morgan fingerprint density at radius 1 is 0.763 bits per heavy atom. The second-order valence-corrected chi connectivity index (χ2v) is 17.2. The van der Waals surface area contributed by atoms with Crippen molar-refractivity contribution in [2.75, 3.05) is 16.4 Å². The van der Waals surface area contributed by atoms with Crippen molar-refractivity contribution in [2.24, 2.45) is 0 Å². The Hall–Kier alpha value is -5.53. The number of rotatable bonds is 21. The summed E-state index contributed by atoms with van der Waals surface area (Å²) in [6.07, 6.45) is 9.34. The number of hydrogen-bond acceptors (Lipinski definition) is 8. The van der Waals surface area contributed by atoms with Gasteiger partial charge in [-0.05, 0) is 67.1 Å². The van der Waals surface area contributed by atoms with Crippen molar-refractivity contribution in [3.63, 3.8) is 0 Å². The molecule has 0 aliphatic rings. The highest BCUT2D eigenvalue weighted by molar-refractivity contribution is 7.91. The van der Waals surface area contributed by atoms with Crippen molar-refractivity contribution in [1.82, 2.24) is 19.7 Å². The average Bonchev–Trinajstić information content (AvgIpc) is 3.78. The monoisotopic (exact) mass is 838 g/mol. The number of carbonyl (C=O) groups is 3. The first kappa shape index (κ1) is 43.1. The van der Waals surface area contributed by atoms with E-state index in [1.165, 1.54) is 56.7 Å². The van der Waals surface area contributed by atoms with Gasteiger partial charge in [0.2, 0.25) is 11.7 Å². The number of unbranched alkanes of at least 4 members (excludes halogenated alkanes) is 9. The molecular weight excluding hydrogens is 788 g/mol. The van der Waals surface area contributed by atoms with Crippen molar-refractivity contribution >= 4 is 72.3 Å². The molecule has 0 spiro atoms. The summed E-state index contributed by atoms with van der Waals surface area (Å²) in [4.78, 5) is 48.9. The average molecular weight is 839 g/mol. The number of sulfone groups is 1. The van der Waals surface area contributed by atoms with Crippen molar-refractivity contribution in [3.8, 4) is 5.69 Å². The molecule has 14 heteroatoms. The maximum Gasteiger partial charge on any atom is 0.276 e. The van der Waals surface area contributed by atoms with Gasteiger partial charge in [0.15, 0.2) is 9.84 Å². The molecule has 2 heterocycles. The summed E-state index contributed by atoms with van der Waals surface area (Å²) in [7, 11) is -3.63. The Bertz CT molecular complexity index is 2550. The fourth-order valence-corrected chi connectivity index (χ4v) is 8.94. The van der Waals surface area contributed by atoms with Crippen LogP contribution in [0.1, 0.15) is 101 Å². The first-order chi connectivity index (χ1) is 28.5. The van der Waals surface area contributed by atoms with Crippen molar-refractivity contribution in [3.05, 3.63) is 107 Å². The zero-order valence-electron chi connectivity index (χ0n) is 33.7. The summed E-state index contributed by atoms with van der Waals surface area (Å²) in [6, 6.07) is 25.6. The minimum absolute atomic E-state index is 0.00971. The molecule has 2 amide bonds. The Kier molecular flexibility index (Phi) is 14.6. The van der Waals surface area contributed by atoms with Gasteiger partial charge in [-0.3, -0.25) is 14.4 Å².